The number of halogens is 2. The lowest BCUT2D eigenvalue weighted by atomic mass is 10.1. The van der Waals surface area contributed by atoms with Crippen LogP contribution in [0, 0.1) is 0 Å². The fourth-order valence-electron chi connectivity index (χ4n) is 1.29. The Morgan fingerprint density at radius 1 is 1.20 bits per heavy atom. The first kappa shape index (κ1) is 11.9. The number of aliphatic hydroxyl groups excluding tert-OH is 1. The van der Waals surface area contributed by atoms with E-state index in [1.54, 1.807) is 12.1 Å². The maximum atomic E-state index is 13.3. The lowest BCUT2D eigenvalue weighted by Crippen LogP contribution is -2.15. The number of hydrogen-bond acceptors (Lipinski definition) is 2. The van der Waals surface area contributed by atoms with Crippen LogP contribution in [0.1, 0.15) is 12.0 Å². The molecule has 0 atom stereocenters. The van der Waals surface area contributed by atoms with Gasteiger partial charge in [-0.05, 0) is 12.1 Å². The number of alkyl halides is 2. The van der Waals surface area contributed by atoms with Crippen molar-refractivity contribution in [2.45, 2.75) is 12.3 Å². The highest BCUT2D eigenvalue weighted by atomic mass is 19.3. The van der Waals surface area contributed by atoms with E-state index in [0.717, 1.165) is 5.69 Å². The molecule has 0 saturated heterocycles. The first-order valence-corrected chi connectivity index (χ1v) is 4.74. The highest BCUT2D eigenvalue weighted by Crippen LogP contribution is 2.32. The molecular formula is C11H15F2NO. The van der Waals surface area contributed by atoms with Gasteiger partial charge >= 0.3 is 0 Å². The van der Waals surface area contributed by atoms with Gasteiger partial charge in [-0.2, -0.15) is 0 Å². The summed E-state index contributed by atoms with van der Waals surface area (Å²) in [6.45, 7) is -0.511. The second-order valence-electron chi connectivity index (χ2n) is 3.62. The summed E-state index contributed by atoms with van der Waals surface area (Å²) in [4.78, 5) is 1.84. The molecule has 0 aliphatic heterocycles. The third-order valence-corrected chi connectivity index (χ3v) is 2.23. The average molecular weight is 215 g/mol. The number of hydrogen-bond donors (Lipinski definition) is 1. The minimum absolute atomic E-state index is 0.0536. The van der Waals surface area contributed by atoms with E-state index in [0.29, 0.717) is 0 Å². The molecule has 1 aromatic rings. The van der Waals surface area contributed by atoms with Crippen molar-refractivity contribution in [3.05, 3.63) is 29.8 Å². The molecule has 15 heavy (non-hydrogen) atoms. The van der Waals surface area contributed by atoms with E-state index in [4.69, 9.17) is 5.11 Å². The molecule has 0 amide bonds. The molecule has 1 aromatic carbocycles. The summed E-state index contributed by atoms with van der Waals surface area (Å²) in [6.07, 6.45) is -0.533. The van der Waals surface area contributed by atoms with E-state index in [9.17, 15) is 8.78 Å². The number of anilines is 1. The zero-order valence-electron chi connectivity index (χ0n) is 8.87. The molecule has 0 aromatic heterocycles. The molecule has 0 aliphatic rings. The Morgan fingerprint density at radius 3 is 2.13 bits per heavy atom. The zero-order chi connectivity index (χ0) is 11.5. The Kier molecular flexibility index (Phi) is 3.63. The Hall–Kier alpha value is -1.16. The Morgan fingerprint density at radius 2 is 1.73 bits per heavy atom. The van der Waals surface area contributed by atoms with Gasteiger partial charge in [-0.25, -0.2) is 8.78 Å². The van der Waals surface area contributed by atoms with Crippen molar-refractivity contribution >= 4 is 5.69 Å². The quantitative estimate of drug-likeness (QED) is 0.832. The maximum Gasteiger partial charge on any atom is 0.275 e. The van der Waals surface area contributed by atoms with Gasteiger partial charge in [0.25, 0.3) is 5.92 Å². The Bertz CT molecular complexity index is 309. The van der Waals surface area contributed by atoms with Crippen molar-refractivity contribution in [2.75, 3.05) is 25.6 Å². The predicted molar refractivity (Wildman–Crippen MR) is 56.4 cm³/mol. The molecule has 0 saturated carbocycles. The average Bonchev–Trinajstić information content (AvgIpc) is 2.18. The van der Waals surface area contributed by atoms with E-state index < -0.39 is 19.0 Å². The molecule has 84 valence electrons. The number of rotatable bonds is 4. The Labute approximate surface area is 88.1 Å². The smallest absolute Gasteiger partial charge is 0.275 e. The summed E-state index contributed by atoms with van der Waals surface area (Å²) >= 11 is 0. The summed E-state index contributed by atoms with van der Waals surface area (Å²) in [5.74, 6) is -2.94. The molecule has 2 nitrogen and oxygen atoms in total. The lowest BCUT2D eigenvalue weighted by Gasteiger charge is -2.17. The van der Waals surface area contributed by atoms with Crippen LogP contribution in [0.5, 0.6) is 0 Å². The molecule has 0 spiro atoms. The van der Waals surface area contributed by atoms with E-state index in [2.05, 4.69) is 0 Å². The van der Waals surface area contributed by atoms with Gasteiger partial charge in [0, 0.05) is 38.4 Å². The lowest BCUT2D eigenvalue weighted by molar-refractivity contribution is -0.0269. The van der Waals surface area contributed by atoms with Crippen LogP contribution in [0.3, 0.4) is 0 Å². The minimum atomic E-state index is -2.94. The van der Waals surface area contributed by atoms with Gasteiger partial charge in [-0.15, -0.1) is 0 Å². The van der Waals surface area contributed by atoms with Gasteiger partial charge in [0.05, 0.1) is 0 Å². The summed E-state index contributed by atoms with van der Waals surface area (Å²) < 4.78 is 26.6. The van der Waals surface area contributed by atoms with E-state index in [-0.39, 0.29) is 5.56 Å². The predicted octanol–water partition coefficient (Wildman–Crippen LogP) is 2.23. The summed E-state index contributed by atoms with van der Waals surface area (Å²) in [5, 5.41) is 8.52. The molecule has 0 heterocycles. The third kappa shape index (κ3) is 2.89. The van der Waals surface area contributed by atoms with Crippen molar-refractivity contribution < 1.29 is 13.9 Å². The normalized spacial score (nSPS) is 11.5. The van der Waals surface area contributed by atoms with Gasteiger partial charge in [-0.1, -0.05) is 12.1 Å². The van der Waals surface area contributed by atoms with Crippen molar-refractivity contribution in [2.24, 2.45) is 0 Å². The standard InChI is InChI=1S/C11H15F2NO/c1-14(2)10-5-3-9(4-6-10)11(12,13)7-8-15/h3-6,15H,7-8H2,1-2H3. The van der Waals surface area contributed by atoms with E-state index >= 15 is 0 Å². The molecule has 0 radical (unpaired) electrons. The molecule has 1 N–H and O–H groups in total. The molecule has 0 aliphatic carbocycles. The number of benzene rings is 1. The van der Waals surface area contributed by atoms with Gasteiger partial charge in [0.1, 0.15) is 0 Å². The minimum Gasteiger partial charge on any atom is -0.396 e. The molecule has 0 bridgehead atoms. The largest absolute Gasteiger partial charge is 0.396 e. The molecule has 1 rings (SSSR count). The fraction of sp³-hybridized carbons (Fsp3) is 0.455. The summed E-state index contributed by atoms with van der Waals surface area (Å²) in [6, 6.07) is 6.07. The highest BCUT2D eigenvalue weighted by molar-refractivity contribution is 5.46. The third-order valence-electron chi connectivity index (χ3n) is 2.23. The monoisotopic (exact) mass is 215 g/mol. The molecular weight excluding hydrogens is 200 g/mol. The second-order valence-corrected chi connectivity index (χ2v) is 3.62. The topological polar surface area (TPSA) is 23.5 Å². The van der Waals surface area contributed by atoms with Crippen molar-refractivity contribution in [1.82, 2.24) is 0 Å². The molecule has 4 heteroatoms. The Balaban J connectivity index is 2.88. The van der Waals surface area contributed by atoms with Crippen molar-refractivity contribution in [3.8, 4) is 0 Å². The fourth-order valence-corrected chi connectivity index (χ4v) is 1.29. The van der Waals surface area contributed by atoms with Crippen LogP contribution in [0.15, 0.2) is 24.3 Å². The number of aliphatic hydroxyl groups is 1. The van der Waals surface area contributed by atoms with Crippen LogP contribution >= 0.6 is 0 Å². The van der Waals surface area contributed by atoms with Crippen LogP contribution in [-0.2, 0) is 5.92 Å². The van der Waals surface area contributed by atoms with E-state index in [1.807, 2.05) is 19.0 Å². The maximum absolute atomic E-state index is 13.3. The zero-order valence-corrected chi connectivity index (χ0v) is 8.87. The van der Waals surface area contributed by atoms with Crippen molar-refractivity contribution in [1.29, 1.82) is 0 Å². The molecule has 0 unspecified atom stereocenters. The highest BCUT2D eigenvalue weighted by Gasteiger charge is 2.30. The van der Waals surface area contributed by atoms with Gasteiger partial charge in [0.2, 0.25) is 0 Å². The summed E-state index contributed by atoms with van der Waals surface area (Å²) in [7, 11) is 3.70. The van der Waals surface area contributed by atoms with Crippen LogP contribution in [0.4, 0.5) is 14.5 Å². The van der Waals surface area contributed by atoms with Gasteiger partial charge in [0.15, 0.2) is 0 Å². The molecule has 0 fully saturated rings. The van der Waals surface area contributed by atoms with Crippen molar-refractivity contribution in [3.63, 3.8) is 0 Å². The second kappa shape index (κ2) is 4.57. The van der Waals surface area contributed by atoms with Crippen LogP contribution < -0.4 is 4.90 Å². The van der Waals surface area contributed by atoms with Crippen LogP contribution in [-0.4, -0.2) is 25.8 Å². The first-order chi connectivity index (χ1) is 6.97. The van der Waals surface area contributed by atoms with Gasteiger partial charge in [-0.3, -0.25) is 0 Å². The number of nitrogens with zero attached hydrogens (tertiary/aromatic N) is 1. The summed E-state index contributed by atoms with van der Waals surface area (Å²) in [5.41, 5.74) is 0.820. The SMILES string of the molecule is CN(C)c1ccc(C(F)(F)CCO)cc1. The van der Waals surface area contributed by atoms with E-state index in [1.165, 1.54) is 12.1 Å². The van der Waals surface area contributed by atoms with Crippen LogP contribution in [0.2, 0.25) is 0 Å². The first-order valence-electron chi connectivity index (χ1n) is 4.74. The van der Waals surface area contributed by atoms with Gasteiger partial charge < -0.3 is 10.0 Å². The van der Waals surface area contributed by atoms with Crippen LogP contribution in [0.25, 0.3) is 0 Å².